The van der Waals surface area contributed by atoms with Crippen molar-refractivity contribution in [2.24, 2.45) is 0 Å². The van der Waals surface area contributed by atoms with Gasteiger partial charge in [-0.15, -0.1) is 0 Å². The van der Waals surface area contributed by atoms with E-state index in [-0.39, 0.29) is 11.6 Å². The van der Waals surface area contributed by atoms with E-state index in [4.69, 9.17) is 27.9 Å². The van der Waals surface area contributed by atoms with Crippen molar-refractivity contribution >= 4 is 34.8 Å². The lowest BCUT2D eigenvalue weighted by Gasteiger charge is -2.08. The van der Waals surface area contributed by atoms with E-state index in [1.807, 2.05) is 18.2 Å². The number of carbonyl (C=O) groups excluding carboxylic acids is 2. The van der Waals surface area contributed by atoms with Crippen LogP contribution in [0.15, 0.2) is 97.1 Å². The molecule has 0 unspecified atom stereocenters. The highest BCUT2D eigenvalue weighted by Gasteiger charge is 2.14. The smallest absolute Gasteiger partial charge is 0.194 e. The molecule has 0 saturated heterocycles. The molecule has 152 valence electrons. The molecule has 31 heavy (non-hydrogen) atoms. The van der Waals surface area contributed by atoms with Gasteiger partial charge in [0.05, 0.1) is 5.02 Å². The lowest BCUT2D eigenvalue weighted by Crippen LogP contribution is -2.02. The van der Waals surface area contributed by atoms with Crippen LogP contribution in [0.1, 0.15) is 31.8 Å². The molecule has 0 aliphatic rings. The fourth-order valence-electron chi connectivity index (χ4n) is 3.07. The van der Waals surface area contributed by atoms with E-state index in [9.17, 15) is 9.59 Å². The monoisotopic (exact) mass is 446 g/mol. The Morgan fingerprint density at radius 1 is 0.581 bits per heavy atom. The van der Waals surface area contributed by atoms with Gasteiger partial charge < -0.3 is 4.74 Å². The van der Waals surface area contributed by atoms with Crippen LogP contribution in [0, 0.1) is 0 Å². The highest BCUT2D eigenvalue weighted by atomic mass is 35.5. The molecule has 0 bridgehead atoms. The average Bonchev–Trinajstić information content (AvgIpc) is 2.81. The third-order valence-corrected chi connectivity index (χ3v) is 5.24. The zero-order valence-corrected chi connectivity index (χ0v) is 17.7. The van der Waals surface area contributed by atoms with Crippen molar-refractivity contribution in [2.75, 3.05) is 0 Å². The van der Waals surface area contributed by atoms with Crippen molar-refractivity contribution in [3.63, 3.8) is 0 Å². The normalized spacial score (nSPS) is 10.5. The highest BCUT2D eigenvalue weighted by molar-refractivity contribution is 6.36. The Labute approximate surface area is 189 Å². The Balaban J connectivity index is 1.46. The summed E-state index contributed by atoms with van der Waals surface area (Å²) < 4.78 is 5.83. The molecule has 0 amide bonds. The summed E-state index contributed by atoms with van der Waals surface area (Å²) in [6.07, 6.45) is 0. The van der Waals surface area contributed by atoms with Crippen molar-refractivity contribution in [2.45, 2.75) is 0 Å². The van der Waals surface area contributed by atoms with Crippen molar-refractivity contribution < 1.29 is 14.3 Å². The number of hydrogen-bond acceptors (Lipinski definition) is 3. The number of benzene rings is 4. The zero-order chi connectivity index (χ0) is 21.8. The van der Waals surface area contributed by atoms with Crippen LogP contribution >= 0.6 is 23.2 Å². The van der Waals surface area contributed by atoms with E-state index >= 15 is 0 Å². The Bertz CT molecular complexity index is 1230. The zero-order valence-electron chi connectivity index (χ0n) is 16.2. The first kappa shape index (κ1) is 20.9. The summed E-state index contributed by atoms with van der Waals surface area (Å²) in [5, 5.41) is 0.793. The SMILES string of the molecule is O=C(c1ccccc1)c1ccc(Oc2ccc(C(=O)c3cc(Cl)ccc3Cl)cc2)cc1. The first-order chi connectivity index (χ1) is 15.0. The lowest BCUT2D eigenvalue weighted by molar-refractivity contribution is 0.103. The van der Waals surface area contributed by atoms with Crippen molar-refractivity contribution in [3.05, 3.63) is 129 Å². The Morgan fingerprint density at radius 3 is 1.68 bits per heavy atom. The van der Waals surface area contributed by atoms with Crippen LogP contribution in [0.3, 0.4) is 0 Å². The summed E-state index contributed by atoms with van der Waals surface area (Å²) in [5.74, 6) is 0.884. The second-order valence-corrected chi connectivity index (χ2v) is 7.64. The van der Waals surface area contributed by atoms with Crippen molar-refractivity contribution in [1.29, 1.82) is 0 Å². The molecule has 0 spiro atoms. The van der Waals surface area contributed by atoms with Crippen molar-refractivity contribution in [1.82, 2.24) is 0 Å². The van der Waals surface area contributed by atoms with Gasteiger partial charge in [0.25, 0.3) is 0 Å². The van der Waals surface area contributed by atoms with Gasteiger partial charge in [-0.3, -0.25) is 9.59 Å². The predicted molar refractivity (Wildman–Crippen MR) is 123 cm³/mol. The Hall–Kier alpha value is -3.40. The molecule has 5 heteroatoms. The standard InChI is InChI=1S/C26H16Cl2O3/c27-20-10-15-24(28)23(16-20)26(30)19-8-13-22(14-9-19)31-21-11-6-18(7-12-21)25(29)17-4-2-1-3-5-17/h1-16H. The molecule has 0 aromatic heterocycles. The molecule has 0 saturated carbocycles. The van der Waals surface area contributed by atoms with Gasteiger partial charge in [0.2, 0.25) is 0 Å². The fraction of sp³-hybridized carbons (Fsp3) is 0. The van der Waals surface area contributed by atoms with Gasteiger partial charge in [0.1, 0.15) is 11.5 Å². The molecule has 0 N–H and O–H groups in total. The quantitative estimate of drug-likeness (QED) is 0.293. The largest absolute Gasteiger partial charge is 0.457 e. The average molecular weight is 447 g/mol. The minimum Gasteiger partial charge on any atom is -0.457 e. The third-order valence-electron chi connectivity index (χ3n) is 4.68. The van der Waals surface area contributed by atoms with E-state index in [1.54, 1.807) is 78.9 Å². The maximum Gasteiger partial charge on any atom is 0.194 e. The van der Waals surface area contributed by atoms with Gasteiger partial charge in [0.15, 0.2) is 11.6 Å². The van der Waals surface area contributed by atoms with E-state index in [0.717, 1.165) is 0 Å². The minimum absolute atomic E-state index is 0.0466. The molecule has 3 nitrogen and oxygen atoms in total. The van der Waals surface area contributed by atoms with E-state index in [2.05, 4.69) is 0 Å². The van der Waals surface area contributed by atoms with Crippen LogP contribution in [0.4, 0.5) is 0 Å². The molecule has 4 rings (SSSR count). The summed E-state index contributed by atoms with van der Waals surface area (Å²) in [6.45, 7) is 0. The van der Waals surface area contributed by atoms with E-state index in [0.29, 0.717) is 43.8 Å². The molecule has 0 heterocycles. The maximum atomic E-state index is 12.7. The van der Waals surface area contributed by atoms with E-state index in [1.165, 1.54) is 0 Å². The fourth-order valence-corrected chi connectivity index (χ4v) is 3.44. The molecule has 0 radical (unpaired) electrons. The van der Waals surface area contributed by atoms with Crippen LogP contribution in [0.25, 0.3) is 0 Å². The number of ketones is 2. The number of rotatable bonds is 6. The molecule has 0 fully saturated rings. The maximum absolute atomic E-state index is 12.7. The summed E-state index contributed by atoms with van der Waals surface area (Å²) in [7, 11) is 0. The summed E-state index contributed by atoms with van der Waals surface area (Å²) in [6, 6.07) is 27.6. The molecule has 0 aliphatic carbocycles. The van der Waals surface area contributed by atoms with Crippen LogP contribution in [-0.4, -0.2) is 11.6 Å². The van der Waals surface area contributed by atoms with Crippen LogP contribution in [0.5, 0.6) is 11.5 Å². The van der Waals surface area contributed by atoms with Gasteiger partial charge >= 0.3 is 0 Å². The predicted octanol–water partition coefficient (Wildman–Crippen LogP) is 7.25. The molecular weight excluding hydrogens is 431 g/mol. The highest BCUT2D eigenvalue weighted by Crippen LogP contribution is 2.26. The molecular formula is C26H16Cl2O3. The Morgan fingerprint density at radius 2 is 1.10 bits per heavy atom. The topological polar surface area (TPSA) is 43.4 Å². The first-order valence-corrected chi connectivity index (χ1v) is 10.2. The number of ether oxygens (including phenoxy) is 1. The van der Waals surface area contributed by atoms with Crippen LogP contribution in [0.2, 0.25) is 10.0 Å². The summed E-state index contributed by atoms with van der Waals surface area (Å²) in [4.78, 5) is 25.2. The molecule has 0 atom stereocenters. The summed E-state index contributed by atoms with van der Waals surface area (Å²) in [5.41, 5.74) is 2.04. The lowest BCUT2D eigenvalue weighted by atomic mass is 10.0. The third kappa shape index (κ3) is 4.85. The Kier molecular flexibility index (Phi) is 6.17. The van der Waals surface area contributed by atoms with Crippen LogP contribution < -0.4 is 4.74 Å². The van der Waals surface area contributed by atoms with Gasteiger partial charge in [-0.2, -0.15) is 0 Å². The van der Waals surface area contributed by atoms with Gasteiger partial charge in [-0.25, -0.2) is 0 Å². The van der Waals surface area contributed by atoms with Crippen LogP contribution in [-0.2, 0) is 0 Å². The second-order valence-electron chi connectivity index (χ2n) is 6.80. The number of hydrogen-bond donors (Lipinski definition) is 0. The minimum atomic E-state index is -0.220. The second kappa shape index (κ2) is 9.17. The molecule has 4 aromatic carbocycles. The van der Waals surface area contributed by atoms with Gasteiger partial charge in [-0.05, 0) is 66.7 Å². The van der Waals surface area contributed by atoms with Gasteiger partial charge in [-0.1, -0.05) is 53.5 Å². The number of halogens is 2. The molecule has 0 aliphatic heterocycles. The van der Waals surface area contributed by atoms with E-state index < -0.39 is 0 Å². The molecule has 4 aromatic rings. The first-order valence-electron chi connectivity index (χ1n) is 9.49. The van der Waals surface area contributed by atoms with Crippen molar-refractivity contribution in [3.8, 4) is 11.5 Å². The summed E-state index contributed by atoms with van der Waals surface area (Å²) >= 11 is 12.1. The number of carbonyl (C=O) groups is 2. The van der Waals surface area contributed by atoms with Gasteiger partial charge in [0, 0.05) is 27.3 Å².